The topological polar surface area (TPSA) is 63.1 Å². The van der Waals surface area contributed by atoms with Crippen LogP contribution in [0.5, 0.6) is 0 Å². The lowest BCUT2D eigenvalue weighted by Crippen LogP contribution is -2.23. The van der Waals surface area contributed by atoms with Crippen molar-refractivity contribution in [1.29, 1.82) is 0 Å². The van der Waals surface area contributed by atoms with Gasteiger partial charge in [0, 0.05) is 52.6 Å². The van der Waals surface area contributed by atoms with Crippen LogP contribution in [0.25, 0.3) is 21.8 Å². The van der Waals surface area contributed by atoms with E-state index >= 15 is 0 Å². The highest BCUT2D eigenvalue weighted by Gasteiger charge is 2.15. The van der Waals surface area contributed by atoms with E-state index in [0.717, 1.165) is 28.4 Å². The van der Waals surface area contributed by atoms with E-state index in [-0.39, 0.29) is 11.8 Å². The molecule has 0 saturated carbocycles. The molecule has 0 bridgehead atoms. The van der Waals surface area contributed by atoms with Gasteiger partial charge in [-0.3, -0.25) is 9.59 Å². The Morgan fingerprint density at radius 3 is 1.70 bits per heavy atom. The number of hydrogen-bond donors (Lipinski definition) is 2. The van der Waals surface area contributed by atoms with Gasteiger partial charge in [0.15, 0.2) is 0 Å². The van der Waals surface area contributed by atoms with E-state index in [9.17, 15) is 9.59 Å². The lowest BCUT2D eigenvalue weighted by molar-refractivity contribution is 0.0950. The average molecular weight is 361 g/mol. The molecule has 1 aromatic heterocycles. The molecule has 3 rings (SSSR count). The summed E-state index contributed by atoms with van der Waals surface area (Å²) in [7, 11) is 0. The first kappa shape index (κ1) is 18.5. The Labute approximate surface area is 158 Å². The van der Waals surface area contributed by atoms with Crippen LogP contribution >= 0.6 is 0 Å². The second kappa shape index (κ2) is 7.91. The number of carbonyl (C=O) groups excluding carboxylic acids is 2. The number of fused-ring (bicyclic) bond motifs is 3. The largest absolute Gasteiger partial charge is 0.349 e. The molecule has 5 heteroatoms. The van der Waals surface area contributed by atoms with Crippen LogP contribution in [0.4, 0.5) is 0 Å². The van der Waals surface area contributed by atoms with Crippen molar-refractivity contribution in [3.63, 3.8) is 0 Å². The minimum atomic E-state index is -0.144. The van der Waals surface area contributed by atoms with Crippen molar-refractivity contribution in [2.24, 2.45) is 0 Å². The molecule has 0 atom stereocenters. The number of hydrogen-bond acceptors (Lipinski definition) is 2. The zero-order valence-electron chi connectivity index (χ0n) is 15.4. The molecule has 2 N–H and O–H groups in total. The van der Waals surface area contributed by atoms with Crippen molar-refractivity contribution >= 4 is 33.6 Å². The van der Waals surface area contributed by atoms with Gasteiger partial charge in [0.2, 0.25) is 0 Å². The number of nitrogens with zero attached hydrogens (tertiary/aromatic N) is 1. The minimum absolute atomic E-state index is 0.144. The van der Waals surface area contributed by atoms with Crippen LogP contribution in [0.1, 0.15) is 27.6 Å². The van der Waals surface area contributed by atoms with E-state index in [1.54, 1.807) is 12.2 Å². The lowest BCUT2D eigenvalue weighted by atomic mass is 10.1. The van der Waals surface area contributed by atoms with Gasteiger partial charge in [0.05, 0.1) is 0 Å². The fourth-order valence-electron chi connectivity index (χ4n) is 3.26. The smallest absolute Gasteiger partial charge is 0.251 e. The third-order valence-electron chi connectivity index (χ3n) is 4.52. The number of aromatic nitrogens is 1. The highest BCUT2D eigenvalue weighted by Crippen LogP contribution is 2.30. The summed E-state index contributed by atoms with van der Waals surface area (Å²) in [6.07, 6.45) is 3.29. The molecule has 27 heavy (non-hydrogen) atoms. The Hall–Kier alpha value is -3.34. The molecule has 2 aromatic carbocycles. The molecule has 3 aromatic rings. The van der Waals surface area contributed by atoms with E-state index in [0.29, 0.717) is 24.2 Å². The molecule has 0 aliphatic rings. The van der Waals surface area contributed by atoms with Crippen molar-refractivity contribution in [2.45, 2.75) is 13.5 Å². The number of rotatable bonds is 7. The van der Waals surface area contributed by atoms with Gasteiger partial charge in [-0.1, -0.05) is 12.2 Å². The van der Waals surface area contributed by atoms with Crippen molar-refractivity contribution in [3.05, 3.63) is 72.8 Å². The highest BCUT2D eigenvalue weighted by molar-refractivity contribution is 6.12. The van der Waals surface area contributed by atoms with E-state index in [1.807, 2.05) is 36.4 Å². The summed E-state index contributed by atoms with van der Waals surface area (Å²) in [5.41, 5.74) is 3.25. The number of benzene rings is 2. The van der Waals surface area contributed by atoms with Crippen molar-refractivity contribution in [3.8, 4) is 0 Å². The summed E-state index contributed by atoms with van der Waals surface area (Å²) in [5.74, 6) is -0.289. The summed E-state index contributed by atoms with van der Waals surface area (Å²) in [4.78, 5) is 24.6. The van der Waals surface area contributed by atoms with Gasteiger partial charge in [-0.25, -0.2) is 0 Å². The van der Waals surface area contributed by atoms with E-state index in [1.165, 1.54) is 0 Å². The molecule has 0 unspecified atom stereocenters. The monoisotopic (exact) mass is 361 g/mol. The van der Waals surface area contributed by atoms with Gasteiger partial charge >= 0.3 is 0 Å². The molecule has 0 spiro atoms. The maximum atomic E-state index is 12.3. The number of nitrogens with one attached hydrogen (secondary N) is 2. The molecule has 0 radical (unpaired) electrons. The summed E-state index contributed by atoms with van der Waals surface area (Å²) < 4.78 is 2.18. The zero-order chi connectivity index (χ0) is 19.4. The van der Waals surface area contributed by atoms with Crippen LogP contribution in [-0.2, 0) is 6.54 Å². The molecule has 5 nitrogen and oxygen atoms in total. The molecule has 0 aliphatic heterocycles. The average Bonchev–Trinajstić information content (AvgIpc) is 3.02. The van der Waals surface area contributed by atoms with Crippen LogP contribution in [0.3, 0.4) is 0 Å². The normalized spacial score (nSPS) is 10.7. The first-order chi connectivity index (χ1) is 13.1. The van der Waals surface area contributed by atoms with Gasteiger partial charge < -0.3 is 15.2 Å². The quantitative estimate of drug-likeness (QED) is 0.631. The fraction of sp³-hybridized carbons (Fsp3) is 0.182. The molecular formula is C22H23N3O2. The third kappa shape index (κ3) is 3.49. The summed E-state index contributed by atoms with van der Waals surface area (Å²) in [5, 5.41) is 7.51. The number of aryl methyl sites for hydroxylation is 1. The number of amides is 2. The molecule has 138 valence electrons. The van der Waals surface area contributed by atoms with Crippen molar-refractivity contribution < 1.29 is 9.59 Å². The Kier molecular flexibility index (Phi) is 5.41. The third-order valence-corrected chi connectivity index (χ3v) is 4.52. The van der Waals surface area contributed by atoms with Crippen molar-refractivity contribution in [1.82, 2.24) is 15.2 Å². The van der Waals surface area contributed by atoms with Crippen LogP contribution in [-0.4, -0.2) is 29.5 Å². The highest BCUT2D eigenvalue weighted by atomic mass is 16.2. The lowest BCUT2D eigenvalue weighted by Gasteiger charge is -2.05. The van der Waals surface area contributed by atoms with E-state index in [2.05, 4.69) is 35.3 Å². The van der Waals surface area contributed by atoms with Crippen LogP contribution in [0.15, 0.2) is 61.7 Å². The van der Waals surface area contributed by atoms with E-state index < -0.39 is 0 Å². The first-order valence-corrected chi connectivity index (χ1v) is 8.94. The predicted octanol–water partition coefficient (Wildman–Crippen LogP) is 3.65. The van der Waals surface area contributed by atoms with E-state index in [4.69, 9.17) is 0 Å². The second-order valence-corrected chi connectivity index (χ2v) is 6.21. The molecule has 0 aliphatic carbocycles. The Morgan fingerprint density at radius 1 is 0.889 bits per heavy atom. The molecule has 0 fully saturated rings. The maximum Gasteiger partial charge on any atom is 0.251 e. The zero-order valence-corrected chi connectivity index (χ0v) is 15.4. The van der Waals surface area contributed by atoms with Gasteiger partial charge in [-0.15, -0.1) is 13.2 Å². The van der Waals surface area contributed by atoms with Crippen molar-refractivity contribution in [2.75, 3.05) is 13.1 Å². The minimum Gasteiger partial charge on any atom is -0.349 e. The first-order valence-electron chi connectivity index (χ1n) is 8.94. The summed E-state index contributed by atoms with van der Waals surface area (Å²) >= 11 is 0. The van der Waals surface area contributed by atoms with Gasteiger partial charge in [0.1, 0.15) is 0 Å². The standard InChI is InChI=1S/C22H23N3O2/c1-4-11-23-21(26)15-7-9-19-17(13-15)18-14-16(22(27)24-12-5-2)8-10-20(18)25(19)6-3/h4-5,7-10,13-14H,1-2,6,11-12H2,3H3,(H,23,26)(H,24,27). The molecular weight excluding hydrogens is 338 g/mol. The Morgan fingerprint density at radius 2 is 1.33 bits per heavy atom. The molecule has 0 saturated heterocycles. The Bertz CT molecular complexity index is 965. The van der Waals surface area contributed by atoms with Gasteiger partial charge in [0.25, 0.3) is 11.8 Å². The van der Waals surface area contributed by atoms with Gasteiger partial charge in [-0.2, -0.15) is 0 Å². The summed E-state index contributed by atoms with van der Waals surface area (Å²) in [6.45, 7) is 10.9. The Balaban J connectivity index is 2.14. The number of carbonyl (C=O) groups is 2. The molecule has 1 heterocycles. The second-order valence-electron chi connectivity index (χ2n) is 6.21. The van der Waals surface area contributed by atoms with Crippen LogP contribution < -0.4 is 10.6 Å². The van der Waals surface area contributed by atoms with Gasteiger partial charge in [-0.05, 0) is 43.3 Å². The fourth-order valence-corrected chi connectivity index (χ4v) is 3.26. The van der Waals surface area contributed by atoms with Crippen LogP contribution in [0.2, 0.25) is 0 Å². The van der Waals surface area contributed by atoms with Crippen LogP contribution in [0, 0.1) is 0 Å². The predicted molar refractivity (Wildman–Crippen MR) is 110 cm³/mol. The maximum absolute atomic E-state index is 12.3. The molecule has 2 amide bonds. The SMILES string of the molecule is C=CCNC(=O)c1ccc2c(c1)c1cc(C(=O)NCC=C)ccc1n2CC. The summed E-state index contributed by atoms with van der Waals surface area (Å²) in [6, 6.07) is 11.3.